The zero-order valence-corrected chi connectivity index (χ0v) is 8.17. The van der Waals surface area contributed by atoms with Gasteiger partial charge in [-0.3, -0.25) is 0 Å². The van der Waals surface area contributed by atoms with Crippen molar-refractivity contribution in [2.24, 2.45) is 0 Å². The van der Waals surface area contributed by atoms with Crippen LogP contribution in [0.2, 0.25) is 0 Å². The Kier molecular flexibility index (Phi) is 1.87. The molecular formula is C11H15FN2. The number of piperazine rings is 1. The summed E-state index contributed by atoms with van der Waals surface area (Å²) in [5.74, 6) is -0.0275. The van der Waals surface area contributed by atoms with Crippen molar-refractivity contribution in [3.8, 4) is 0 Å². The molecule has 3 aliphatic rings. The quantitative estimate of drug-likeness (QED) is 0.629. The third-order valence-corrected chi connectivity index (χ3v) is 3.50. The Morgan fingerprint density at radius 2 is 2.43 bits per heavy atom. The van der Waals surface area contributed by atoms with E-state index in [-0.39, 0.29) is 11.9 Å². The molecule has 14 heavy (non-hydrogen) atoms. The van der Waals surface area contributed by atoms with Gasteiger partial charge in [-0.25, -0.2) is 4.39 Å². The van der Waals surface area contributed by atoms with Gasteiger partial charge < -0.3 is 10.2 Å². The van der Waals surface area contributed by atoms with Crippen molar-refractivity contribution >= 4 is 0 Å². The van der Waals surface area contributed by atoms with Crippen LogP contribution in [0, 0.1) is 0 Å². The second-order valence-corrected chi connectivity index (χ2v) is 4.32. The molecule has 76 valence electrons. The highest BCUT2D eigenvalue weighted by Crippen LogP contribution is 2.33. The summed E-state index contributed by atoms with van der Waals surface area (Å²) in [5, 5.41) is 3.43. The van der Waals surface area contributed by atoms with Crippen LogP contribution in [0.3, 0.4) is 0 Å². The van der Waals surface area contributed by atoms with Gasteiger partial charge in [-0.1, -0.05) is 6.08 Å². The predicted octanol–water partition coefficient (Wildman–Crippen LogP) is 1.56. The lowest BCUT2D eigenvalue weighted by Gasteiger charge is -2.41. The minimum atomic E-state index is -0.0275. The SMILES string of the molecule is FC1=C2[C@@H](CC=C1)NC[C@H]1CCCN21. The lowest BCUT2D eigenvalue weighted by Crippen LogP contribution is -2.52. The van der Waals surface area contributed by atoms with E-state index in [1.54, 1.807) is 6.08 Å². The number of hydrogen-bond donors (Lipinski definition) is 1. The topological polar surface area (TPSA) is 15.3 Å². The number of nitrogens with one attached hydrogen (secondary N) is 1. The van der Waals surface area contributed by atoms with Crippen molar-refractivity contribution in [1.82, 2.24) is 10.2 Å². The molecule has 0 spiro atoms. The number of rotatable bonds is 0. The van der Waals surface area contributed by atoms with Gasteiger partial charge in [-0.2, -0.15) is 0 Å². The molecule has 2 saturated heterocycles. The molecule has 0 saturated carbocycles. The van der Waals surface area contributed by atoms with Gasteiger partial charge in [0, 0.05) is 19.1 Å². The molecule has 3 heteroatoms. The molecule has 2 fully saturated rings. The van der Waals surface area contributed by atoms with Crippen LogP contribution in [0.25, 0.3) is 0 Å². The first-order valence-electron chi connectivity index (χ1n) is 5.42. The van der Waals surface area contributed by atoms with Gasteiger partial charge in [0.2, 0.25) is 0 Å². The van der Waals surface area contributed by atoms with Crippen molar-refractivity contribution in [2.75, 3.05) is 13.1 Å². The molecule has 0 unspecified atom stereocenters. The second-order valence-electron chi connectivity index (χ2n) is 4.32. The maximum absolute atomic E-state index is 13.7. The first-order valence-corrected chi connectivity index (χ1v) is 5.42. The first kappa shape index (κ1) is 8.48. The van der Waals surface area contributed by atoms with E-state index in [9.17, 15) is 4.39 Å². The van der Waals surface area contributed by atoms with Gasteiger partial charge in [-0.15, -0.1) is 0 Å². The van der Waals surface area contributed by atoms with Crippen molar-refractivity contribution in [2.45, 2.75) is 31.3 Å². The summed E-state index contributed by atoms with van der Waals surface area (Å²) in [6, 6.07) is 0.771. The summed E-state index contributed by atoms with van der Waals surface area (Å²) in [6.07, 6.45) is 6.90. The van der Waals surface area contributed by atoms with E-state index < -0.39 is 0 Å². The molecule has 0 amide bonds. The molecule has 2 aliphatic heterocycles. The second kappa shape index (κ2) is 3.09. The van der Waals surface area contributed by atoms with Crippen LogP contribution in [-0.4, -0.2) is 30.1 Å². The average molecular weight is 194 g/mol. The molecule has 0 radical (unpaired) electrons. The Morgan fingerprint density at radius 3 is 3.36 bits per heavy atom. The number of nitrogens with zero attached hydrogens (tertiary/aromatic N) is 1. The fourth-order valence-electron chi connectivity index (χ4n) is 2.83. The summed E-state index contributed by atoms with van der Waals surface area (Å²) in [6.45, 7) is 2.06. The van der Waals surface area contributed by atoms with Gasteiger partial charge >= 0.3 is 0 Å². The fourth-order valence-corrected chi connectivity index (χ4v) is 2.83. The summed E-state index contributed by atoms with van der Waals surface area (Å²) >= 11 is 0. The Morgan fingerprint density at radius 1 is 1.50 bits per heavy atom. The van der Waals surface area contributed by atoms with Crippen molar-refractivity contribution in [3.05, 3.63) is 23.7 Å². The van der Waals surface area contributed by atoms with E-state index in [1.807, 2.05) is 6.08 Å². The lowest BCUT2D eigenvalue weighted by atomic mass is 9.98. The maximum Gasteiger partial charge on any atom is 0.143 e. The Bertz CT molecular complexity index is 308. The zero-order chi connectivity index (χ0) is 9.54. The van der Waals surface area contributed by atoms with E-state index >= 15 is 0 Å². The highest BCUT2D eigenvalue weighted by atomic mass is 19.1. The van der Waals surface area contributed by atoms with Crippen molar-refractivity contribution < 1.29 is 4.39 Å². The summed E-state index contributed by atoms with van der Waals surface area (Å²) < 4.78 is 13.7. The monoisotopic (exact) mass is 194 g/mol. The number of allylic oxidation sites excluding steroid dienone is 2. The lowest BCUT2D eigenvalue weighted by molar-refractivity contribution is 0.222. The predicted molar refractivity (Wildman–Crippen MR) is 53.4 cm³/mol. The molecule has 2 heterocycles. The van der Waals surface area contributed by atoms with Crippen molar-refractivity contribution in [1.29, 1.82) is 0 Å². The third-order valence-electron chi connectivity index (χ3n) is 3.50. The van der Waals surface area contributed by atoms with Crippen LogP contribution in [-0.2, 0) is 0 Å². The number of halogens is 1. The summed E-state index contributed by atoms with van der Waals surface area (Å²) in [7, 11) is 0. The third kappa shape index (κ3) is 1.12. The standard InChI is InChI=1S/C11H15FN2/c12-9-4-1-5-10-11(9)14-6-2-3-8(14)7-13-10/h1,4,8,10,13H,2-3,5-7H2/t8-,10-/m1/s1. The molecule has 0 bridgehead atoms. The molecule has 2 atom stereocenters. The molecule has 1 N–H and O–H groups in total. The maximum atomic E-state index is 13.7. The van der Waals surface area contributed by atoms with Crippen LogP contribution >= 0.6 is 0 Å². The van der Waals surface area contributed by atoms with Crippen LogP contribution in [0.5, 0.6) is 0 Å². The highest BCUT2D eigenvalue weighted by Gasteiger charge is 2.36. The molecule has 2 nitrogen and oxygen atoms in total. The van der Waals surface area contributed by atoms with Crippen LogP contribution in [0.1, 0.15) is 19.3 Å². The van der Waals surface area contributed by atoms with E-state index in [1.165, 1.54) is 12.8 Å². The number of fused-ring (bicyclic) bond motifs is 3. The molecule has 0 aromatic heterocycles. The van der Waals surface area contributed by atoms with Crippen molar-refractivity contribution in [3.63, 3.8) is 0 Å². The fraction of sp³-hybridized carbons (Fsp3) is 0.636. The Balaban J connectivity index is 1.98. The minimum absolute atomic E-state index is 0.0275. The van der Waals surface area contributed by atoms with Gasteiger partial charge in [0.25, 0.3) is 0 Å². The van der Waals surface area contributed by atoms with Gasteiger partial charge in [0.15, 0.2) is 0 Å². The largest absolute Gasteiger partial charge is 0.367 e. The van der Waals surface area contributed by atoms with E-state index in [0.717, 1.165) is 25.2 Å². The minimum Gasteiger partial charge on any atom is -0.367 e. The summed E-state index contributed by atoms with van der Waals surface area (Å²) in [4.78, 5) is 2.28. The normalized spacial score (nSPS) is 35.9. The van der Waals surface area contributed by atoms with Crippen LogP contribution < -0.4 is 5.32 Å². The molecule has 3 rings (SSSR count). The highest BCUT2D eigenvalue weighted by molar-refractivity contribution is 5.31. The van der Waals surface area contributed by atoms with Crippen LogP contribution in [0.15, 0.2) is 23.7 Å². The Hall–Kier alpha value is -0.830. The van der Waals surface area contributed by atoms with Gasteiger partial charge in [-0.05, 0) is 25.3 Å². The van der Waals surface area contributed by atoms with Crippen LogP contribution in [0.4, 0.5) is 4.39 Å². The first-order chi connectivity index (χ1) is 6.86. The van der Waals surface area contributed by atoms with Gasteiger partial charge in [0.1, 0.15) is 5.83 Å². The molecule has 0 aromatic carbocycles. The number of hydrogen-bond acceptors (Lipinski definition) is 2. The van der Waals surface area contributed by atoms with E-state index in [2.05, 4.69) is 10.2 Å². The molecular weight excluding hydrogens is 179 g/mol. The average Bonchev–Trinajstić information content (AvgIpc) is 2.65. The zero-order valence-electron chi connectivity index (χ0n) is 8.17. The molecule has 0 aromatic rings. The molecule has 1 aliphatic carbocycles. The van der Waals surface area contributed by atoms with Gasteiger partial charge in [0.05, 0.1) is 11.7 Å². The Labute approximate surface area is 83.5 Å². The van der Waals surface area contributed by atoms with E-state index in [4.69, 9.17) is 0 Å². The smallest absolute Gasteiger partial charge is 0.143 e. The van der Waals surface area contributed by atoms with E-state index in [0.29, 0.717) is 6.04 Å². The summed E-state index contributed by atoms with van der Waals surface area (Å²) in [5.41, 5.74) is 0.918.